The number of para-hydroxylation sites is 1. The number of ketones is 1. The van der Waals surface area contributed by atoms with Gasteiger partial charge >= 0.3 is 0 Å². The number of hydrogen-bond acceptors (Lipinski definition) is 4. The number of aryl methyl sites for hydroxylation is 1. The lowest BCUT2D eigenvalue weighted by atomic mass is 10.1. The van der Waals surface area contributed by atoms with E-state index in [1.807, 2.05) is 42.8 Å². The molecule has 0 N–H and O–H groups in total. The van der Waals surface area contributed by atoms with Gasteiger partial charge in [-0.15, -0.1) is 0 Å². The average Bonchev–Trinajstić information content (AvgIpc) is 2.94. The Hall–Kier alpha value is -3.39. The number of benzene rings is 2. The molecule has 0 saturated heterocycles. The van der Waals surface area contributed by atoms with Gasteiger partial charge in [-0.2, -0.15) is 10.4 Å². The van der Waals surface area contributed by atoms with Crippen LogP contribution in [0.5, 0.6) is 5.75 Å². The van der Waals surface area contributed by atoms with Crippen molar-refractivity contribution in [3.8, 4) is 17.5 Å². The van der Waals surface area contributed by atoms with Crippen molar-refractivity contribution < 1.29 is 9.53 Å². The number of nitrogens with zero attached hydrogens (tertiary/aromatic N) is 3. The molecule has 5 nitrogen and oxygen atoms in total. The van der Waals surface area contributed by atoms with Crippen LogP contribution in [0, 0.1) is 25.2 Å². The molecular formula is C21H19N3O2. The van der Waals surface area contributed by atoms with Gasteiger partial charge in [0.05, 0.1) is 28.6 Å². The molecule has 26 heavy (non-hydrogen) atoms. The second-order valence-corrected chi connectivity index (χ2v) is 6.06. The monoisotopic (exact) mass is 345 g/mol. The van der Waals surface area contributed by atoms with Crippen molar-refractivity contribution in [2.45, 2.75) is 27.4 Å². The van der Waals surface area contributed by atoms with E-state index in [0.29, 0.717) is 23.5 Å². The van der Waals surface area contributed by atoms with E-state index in [2.05, 4.69) is 11.2 Å². The van der Waals surface area contributed by atoms with Gasteiger partial charge in [-0.25, -0.2) is 4.68 Å². The molecule has 0 aliphatic carbocycles. The number of nitriles is 1. The minimum absolute atomic E-state index is 0.0256. The molecule has 5 heteroatoms. The quantitative estimate of drug-likeness (QED) is 0.652. The molecule has 1 aromatic heterocycles. The van der Waals surface area contributed by atoms with Crippen LogP contribution in [0.2, 0.25) is 0 Å². The van der Waals surface area contributed by atoms with Gasteiger partial charge in [0.25, 0.3) is 0 Å². The van der Waals surface area contributed by atoms with Crippen LogP contribution in [0.4, 0.5) is 0 Å². The number of rotatable bonds is 5. The highest BCUT2D eigenvalue weighted by molar-refractivity contribution is 5.96. The second-order valence-electron chi connectivity index (χ2n) is 6.06. The van der Waals surface area contributed by atoms with Gasteiger partial charge < -0.3 is 4.74 Å². The molecule has 0 aliphatic rings. The van der Waals surface area contributed by atoms with Crippen molar-refractivity contribution >= 4 is 5.78 Å². The number of Topliss-reactive ketones (excluding diaryl/α,β-unsaturated/α-hetero) is 1. The van der Waals surface area contributed by atoms with E-state index in [0.717, 1.165) is 22.6 Å². The molecule has 0 fully saturated rings. The summed E-state index contributed by atoms with van der Waals surface area (Å²) in [5.74, 6) is 0.548. The fraction of sp³-hybridized carbons (Fsp3) is 0.190. The van der Waals surface area contributed by atoms with E-state index < -0.39 is 0 Å². The lowest BCUT2D eigenvalue weighted by Crippen LogP contribution is -2.04. The van der Waals surface area contributed by atoms with Crippen LogP contribution in [-0.2, 0) is 6.61 Å². The summed E-state index contributed by atoms with van der Waals surface area (Å²) in [7, 11) is 0. The van der Waals surface area contributed by atoms with Gasteiger partial charge in [0.2, 0.25) is 0 Å². The molecule has 1 heterocycles. The largest absolute Gasteiger partial charge is 0.488 e. The maximum absolute atomic E-state index is 11.7. The lowest BCUT2D eigenvalue weighted by molar-refractivity contribution is 0.101. The van der Waals surface area contributed by atoms with Crippen LogP contribution >= 0.6 is 0 Å². The first-order valence-electron chi connectivity index (χ1n) is 8.29. The van der Waals surface area contributed by atoms with E-state index in [-0.39, 0.29) is 5.78 Å². The summed E-state index contributed by atoms with van der Waals surface area (Å²) in [5.41, 5.74) is 4.88. The molecule has 0 bridgehead atoms. The van der Waals surface area contributed by atoms with Gasteiger partial charge in [0.1, 0.15) is 12.4 Å². The summed E-state index contributed by atoms with van der Waals surface area (Å²) in [5, 5.41) is 13.5. The molecule has 0 radical (unpaired) electrons. The number of hydrogen-bond donors (Lipinski definition) is 0. The van der Waals surface area contributed by atoms with E-state index in [4.69, 9.17) is 10.00 Å². The third-order valence-corrected chi connectivity index (χ3v) is 4.32. The highest BCUT2D eigenvalue weighted by Crippen LogP contribution is 2.23. The SMILES string of the molecule is CC(=O)c1ccccc1OCc1c(C)nn(-c2ccc(C#N)cc2)c1C. The first kappa shape index (κ1) is 17.4. The first-order chi connectivity index (χ1) is 12.5. The van der Waals surface area contributed by atoms with Crippen LogP contribution in [0.25, 0.3) is 5.69 Å². The zero-order valence-electron chi connectivity index (χ0n) is 15.0. The van der Waals surface area contributed by atoms with Gasteiger partial charge in [-0.3, -0.25) is 4.79 Å². The fourth-order valence-electron chi connectivity index (χ4n) is 2.85. The number of carbonyl (C=O) groups is 1. The Morgan fingerprint density at radius 2 is 1.85 bits per heavy atom. The van der Waals surface area contributed by atoms with Crippen molar-refractivity contribution in [3.05, 3.63) is 76.6 Å². The highest BCUT2D eigenvalue weighted by Gasteiger charge is 2.15. The van der Waals surface area contributed by atoms with Crippen molar-refractivity contribution in [2.24, 2.45) is 0 Å². The van der Waals surface area contributed by atoms with Crippen LogP contribution < -0.4 is 4.74 Å². The van der Waals surface area contributed by atoms with Crippen LogP contribution in [0.3, 0.4) is 0 Å². The van der Waals surface area contributed by atoms with Gasteiger partial charge in [0.15, 0.2) is 5.78 Å². The van der Waals surface area contributed by atoms with Crippen LogP contribution in [0.1, 0.15) is 39.8 Å². The predicted octanol–water partition coefficient (Wildman–Crippen LogP) is 4.14. The minimum atomic E-state index is -0.0256. The Balaban J connectivity index is 1.87. The topological polar surface area (TPSA) is 67.9 Å². The zero-order chi connectivity index (χ0) is 18.7. The van der Waals surface area contributed by atoms with E-state index in [9.17, 15) is 4.79 Å². The maximum Gasteiger partial charge on any atom is 0.163 e. The fourth-order valence-corrected chi connectivity index (χ4v) is 2.85. The van der Waals surface area contributed by atoms with Crippen LogP contribution in [-0.4, -0.2) is 15.6 Å². The zero-order valence-corrected chi connectivity index (χ0v) is 15.0. The van der Waals surface area contributed by atoms with Crippen molar-refractivity contribution in [1.82, 2.24) is 9.78 Å². The Labute approximate surface area is 152 Å². The smallest absolute Gasteiger partial charge is 0.163 e. The number of carbonyl (C=O) groups excluding carboxylic acids is 1. The van der Waals surface area contributed by atoms with Crippen molar-refractivity contribution in [3.63, 3.8) is 0 Å². The van der Waals surface area contributed by atoms with E-state index in [1.54, 1.807) is 24.3 Å². The minimum Gasteiger partial charge on any atom is -0.488 e. The van der Waals surface area contributed by atoms with Crippen molar-refractivity contribution in [2.75, 3.05) is 0 Å². The van der Waals surface area contributed by atoms with Gasteiger partial charge in [-0.05, 0) is 57.2 Å². The summed E-state index contributed by atoms with van der Waals surface area (Å²) in [6.45, 7) is 5.77. The molecular weight excluding hydrogens is 326 g/mol. The van der Waals surface area contributed by atoms with E-state index in [1.165, 1.54) is 6.92 Å². The predicted molar refractivity (Wildman–Crippen MR) is 98.5 cm³/mol. The summed E-state index contributed by atoms with van der Waals surface area (Å²) in [6, 6.07) is 16.6. The van der Waals surface area contributed by atoms with E-state index >= 15 is 0 Å². The summed E-state index contributed by atoms with van der Waals surface area (Å²) in [6.07, 6.45) is 0. The Morgan fingerprint density at radius 3 is 2.50 bits per heavy atom. The molecule has 0 spiro atoms. The lowest BCUT2D eigenvalue weighted by Gasteiger charge is -2.10. The van der Waals surface area contributed by atoms with Crippen LogP contribution in [0.15, 0.2) is 48.5 Å². The van der Waals surface area contributed by atoms with Gasteiger partial charge in [0, 0.05) is 11.3 Å². The second kappa shape index (κ2) is 7.24. The standard InChI is InChI=1S/C21H19N3O2/c1-14-20(13-26-21-7-5-4-6-19(21)16(3)25)15(2)24(23-14)18-10-8-17(12-22)9-11-18/h4-11H,13H2,1-3H3. The molecule has 0 aliphatic heterocycles. The first-order valence-corrected chi connectivity index (χ1v) is 8.29. The Morgan fingerprint density at radius 1 is 1.15 bits per heavy atom. The van der Waals surface area contributed by atoms with Gasteiger partial charge in [-0.1, -0.05) is 12.1 Å². The molecule has 0 atom stereocenters. The highest BCUT2D eigenvalue weighted by atomic mass is 16.5. The van der Waals surface area contributed by atoms with Crippen molar-refractivity contribution in [1.29, 1.82) is 5.26 Å². The average molecular weight is 345 g/mol. The molecule has 0 unspecified atom stereocenters. The Bertz CT molecular complexity index is 995. The summed E-state index contributed by atoms with van der Waals surface area (Å²) in [4.78, 5) is 11.7. The Kier molecular flexibility index (Phi) is 4.85. The normalized spacial score (nSPS) is 10.4. The number of aromatic nitrogens is 2. The number of ether oxygens (including phenoxy) is 1. The summed E-state index contributed by atoms with van der Waals surface area (Å²) >= 11 is 0. The summed E-state index contributed by atoms with van der Waals surface area (Å²) < 4.78 is 7.75. The third-order valence-electron chi connectivity index (χ3n) is 4.32. The third kappa shape index (κ3) is 3.35. The molecule has 3 rings (SSSR count). The molecule has 0 saturated carbocycles. The molecule has 130 valence electrons. The maximum atomic E-state index is 11.7. The molecule has 0 amide bonds. The molecule has 3 aromatic rings. The molecule has 2 aromatic carbocycles.